The van der Waals surface area contributed by atoms with E-state index < -0.39 is 5.97 Å². The summed E-state index contributed by atoms with van der Waals surface area (Å²) < 4.78 is 2.33. The van der Waals surface area contributed by atoms with Crippen molar-refractivity contribution in [2.45, 2.75) is 6.92 Å². The Labute approximate surface area is 99.9 Å². The first-order valence-corrected chi connectivity index (χ1v) is 5.28. The lowest BCUT2D eigenvalue weighted by Crippen LogP contribution is -2.04. The topological polar surface area (TPSA) is 68.0 Å². The van der Waals surface area contributed by atoms with Crippen molar-refractivity contribution < 1.29 is 9.90 Å². The average Bonchev–Trinajstić information content (AvgIpc) is 2.64. The number of halogens is 1. The van der Waals surface area contributed by atoms with Crippen molar-refractivity contribution in [3.63, 3.8) is 0 Å². The molecule has 0 aliphatic carbocycles. The summed E-state index contributed by atoms with van der Waals surface area (Å²) >= 11 is 3.27. The van der Waals surface area contributed by atoms with Gasteiger partial charge in [0.1, 0.15) is 0 Å². The minimum Gasteiger partial charge on any atom is -0.478 e. The Morgan fingerprint density at radius 2 is 2.25 bits per heavy atom. The van der Waals surface area contributed by atoms with Crippen LogP contribution in [0, 0.1) is 6.92 Å². The molecule has 0 saturated heterocycles. The van der Waals surface area contributed by atoms with Crippen LogP contribution in [0.15, 0.2) is 29.0 Å². The summed E-state index contributed by atoms with van der Waals surface area (Å²) in [5.74, 6) is -0.485. The molecule has 0 atom stereocenters. The van der Waals surface area contributed by atoms with Gasteiger partial charge >= 0.3 is 5.97 Å². The van der Waals surface area contributed by atoms with E-state index in [1.54, 1.807) is 19.3 Å². The molecule has 5 nitrogen and oxygen atoms in total. The third-order valence-corrected chi connectivity index (χ3v) is 2.38. The number of aryl methyl sites for hydroxylation is 1. The molecule has 82 valence electrons. The smallest absolute Gasteiger partial charge is 0.335 e. The molecular formula is C10H8BrN3O2. The highest BCUT2D eigenvalue weighted by Crippen LogP contribution is 2.13. The molecule has 0 spiro atoms. The fourth-order valence-electron chi connectivity index (χ4n) is 1.32. The van der Waals surface area contributed by atoms with E-state index in [1.165, 1.54) is 16.8 Å². The number of pyridine rings is 1. The van der Waals surface area contributed by atoms with Crippen LogP contribution in [0.25, 0.3) is 5.82 Å². The predicted octanol–water partition coefficient (Wildman–Crippen LogP) is 2.04. The lowest BCUT2D eigenvalue weighted by atomic mass is 10.2. The Morgan fingerprint density at radius 3 is 2.81 bits per heavy atom. The Hall–Kier alpha value is -1.69. The minimum atomic E-state index is -0.974. The summed E-state index contributed by atoms with van der Waals surface area (Å²) in [7, 11) is 0. The summed E-state index contributed by atoms with van der Waals surface area (Å²) in [6.07, 6.45) is 3.33. The first kappa shape index (κ1) is 10.8. The number of carbonyl (C=O) groups is 1. The van der Waals surface area contributed by atoms with E-state index in [-0.39, 0.29) is 5.56 Å². The van der Waals surface area contributed by atoms with Crippen LogP contribution in [0.2, 0.25) is 0 Å². The van der Waals surface area contributed by atoms with Crippen LogP contribution in [0.4, 0.5) is 0 Å². The zero-order valence-electron chi connectivity index (χ0n) is 8.38. The molecule has 0 radical (unpaired) electrons. The third kappa shape index (κ3) is 2.11. The van der Waals surface area contributed by atoms with Crippen LogP contribution in [-0.2, 0) is 0 Å². The second-order valence-corrected chi connectivity index (χ2v) is 4.18. The van der Waals surface area contributed by atoms with Crippen molar-refractivity contribution in [1.82, 2.24) is 14.8 Å². The lowest BCUT2D eigenvalue weighted by molar-refractivity contribution is 0.0696. The number of carboxylic acids is 1. The number of hydrogen-bond acceptors (Lipinski definition) is 3. The van der Waals surface area contributed by atoms with Gasteiger partial charge in [-0.15, -0.1) is 0 Å². The summed E-state index contributed by atoms with van der Waals surface area (Å²) in [6, 6.07) is 3.00. The Balaban J connectivity index is 2.53. The molecule has 16 heavy (non-hydrogen) atoms. The summed E-state index contributed by atoms with van der Waals surface area (Å²) in [6.45, 7) is 1.74. The van der Waals surface area contributed by atoms with Crippen LogP contribution in [-0.4, -0.2) is 25.8 Å². The van der Waals surface area contributed by atoms with Gasteiger partial charge in [-0.1, -0.05) is 0 Å². The van der Waals surface area contributed by atoms with E-state index in [9.17, 15) is 4.79 Å². The summed E-state index contributed by atoms with van der Waals surface area (Å²) in [5.41, 5.74) is 0.843. The van der Waals surface area contributed by atoms with E-state index in [2.05, 4.69) is 26.0 Å². The standard InChI is InChI=1S/C10H8BrN3O2/c1-6-2-7(10(15)16)3-9(13-6)14-5-8(11)4-12-14/h2-5H,1H3,(H,15,16). The van der Waals surface area contributed by atoms with Crippen LogP contribution in [0.1, 0.15) is 16.1 Å². The van der Waals surface area contributed by atoms with Crippen molar-refractivity contribution in [2.24, 2.45) is 0 Å². The lowest BCUT2D eigenvalue weighted by Gasteiger charge is -2.03. The molecule has 1 N–H and O–H groups in total. The Bertz CT molecular complexity index is 551. The molecule has 2 rings (SSSR count). The van der Waals surface area contributed by atoms with E-state index >= 15 is 0 Å². The number of nitrogens with zero attached hydrogens (tertiary/aromatic N) is 3. The third-order valence-electron chi connectivity index (χ3n) is 1.97. The molecule has 2 aromatic heterocycles. The number of carboxylic acid groups (broad SMARTS) is 1. The molecular weight excluding hydrogens is 274 g/mol. The normalized spacial score (nSPS) is 10.4. The monoisotopic (exact) mass is 281 g/mol. The average molecular weight is 282 g/mol. The fraction of sp³-hybridized carbons (Fsp3) is 0.100. The number of aromatic carboxylic acids is 1. The number of hydrogen-bond donors (Lipinski definition) is 1. The molecule has 2 heterocycles. The second-order valence-electron chi connectivity index (χ2n) is 3.26. The predicted molar refractivity (Wildman–Crippen MR) is 60.8 cm³/mol. The number of rotatable bonds is 2. The number of aromatic nitrogens is 3. The van der Waals surface area contributed by atoms with Crippen molar-refractivity contribution in [3.05, 3.63) is 40.3 Å². The van der Waals surface area contributed by atoms with Gasteiger partial charge in [-0.2, -0.15) is 5.10 Å². The largest absolute Gasteiger partial charge is 0.478 e. The Morgan fingerprint density at radius 1 is 1.50 bits per heavy atom. The fourth-order valence-corrected chi connectivity index (χ4v) is 1.60. The van der Waals surface area contributed by atoms with Crippen LogP contribution in [0.3, 0.4) is 0 Å². The van der Waals surface area contributed by atoms with Gasteiger partial charge in [-0.25, -0.2) is 14.5 Å². The van der Waals surface area contributed by atoms with E-state index in [4.69, 9.17) is 5.11 Å². The Kier molecular flexibility index (Phi) is 2.74. The van der Waals surface area contributed by atoms with Gasteiger partial charge in [-0.3, -0.25) is 0 Å². The van der Waals surface area contributed by atoms with Gasteiger partial charge in [-0.05, 0) is 35.0 Å². The summed E-state index contributed by atoms with van der Waals surface area (Å²) in [4.78, 5) is 15.1. The van der Waals surface area contributed by atoms with Gasteiger partial charge in [0.05, 0.1) is 16.2 Å². The van der Waals surface area contributed by atoms with Crippen LogP contribution in [0.5, 0.6) is 0 Å². The van der Waals surface area contributed by atoms with Crippen molar-refractivity contribution in [2.75, 3.05) is 0 Å². The van der Waals surface area contributed by atoms with Gasteiger partial charge in [0.2, 0.25) is 0 Å². The molecule has 0 aromatic carbocycles. The van der Waals surface area contributed by atoms with Crippen molar-refractivity contribution in [3.8, 4) is 5.82 Å². The van der Waals surface area contributed by atoms with Crippen LogP contribution < -0.4 is 0 Å². The SMILES string of the molecule is Cc1cc(C(=O)O)cc(-n2cc(Br)cn2)n1. The maximum atomic E-state index is 10.9. The maximum Gasteiger partial charge on any atom is 0.335 e. The second kappa shape index (κ2) is 4.05. The van der Waals surface area contributed by atoms with Crippen molar-refractivity contribution >= 4 is 21.9 Å². The van der Waals surface area contributed by atoms with Gasteiger partial charge in [0, 0.05) is 11.9 Å². The first-order valence-electron chi connectivity index (χ1n) is 4.49. The molecule has 0 fully saturated rings. The molecule has 6 heteroatoms. The molecule has 0 unspecified atom stereocenters. The van der Waals surface area contributed by atoms with Gasteiger partial charge in [0.25, 0.3) is 0 Å². The van der Waals surface area contributed by atoms with E-state index in [0.29, 0.717) is 11.5 Å². The van der Waals surface area contributed by atoms with E-state index in [1.807, 2.05) is 0 Å². The molecule has 2 aromatic rings. The van der Waals surface area contributed by atoms with Gasteiger partial charge < -0.3 is 5.11 Å². The molecule has 0 bridgehead atoms. The zero-order chi connectivity index (χ0) is 11.7. The highest BCUT2D eigenvalue weighted by atomic mass is 79.9. The molecule has 0 amide bonds. The molecule has 0 aliphatic heterocycles. The first-order chi connectivity index (χ1) is 7.56. The molecule has 0 saturated carbocycles. The summed E-state index contributed by atoms with van der Waals surface area (Å²) in [5, 5.41) is 13.0. The van der Waals surface area contributed by atoms with Crippen molar-refractivity contribution in [1.29, 1.82) is 0 Å². The van der Waals surface area contributed by atoms with E-state index in [0.717, 1.165) is 4.47 Å². The highest BCUT2D eigenvalue weighted by Gasteiger charge is 2.08. The quantitative estimate of drug-likeness (QED) is 0.915. The maximum absolute atomic E-state index is 10.9. The molecule has 0 aliphatic rings. The minimum absolute atomic E-state index is 0.203. The zero-order valence-corrected chi connectivity index (χ0v) is 9.97. The van der Waals surface area contributed by atoms with Crippen LogP contribution >= 0.6 is 15.9 Å². The van der Waals surface area contributed by atoms with Gasteiger partial charge in [0.15, 0.2) is 5.82 Å². The highest BCUT2D eigenvalue weighted by molar-refractivity contribution is 9.10.